The lowest BCUT2D eigenvalue weighted by molar-refractivity contribution is -0.0487. The predicted molar refractivity (Wildman–Crippen MR) is 62.1 cm³/mol. The van der Waals surface area contributed by atoms with Gasteiger partial charge in [0.25, 0.3) is 0 Å². The molecule has 0 aromatic rings. The molecular formula is C10H24O4Si. The van der Waals surface area contributed by atoms with E-state index in [4.69, 9.17) is 18.3 Å². The molecule has 0 bridgehead atoms. The summed E-state index contributed by atoms with van der Waals surface area (Å²) in [5.74, 6) is 0. The summed E-state index contributed by atoms with van der Waals surface area (Å²) in [7, 11) is 1.40. The zero-order chi connectivity index (χ0) is 11.7. The minimum absolute atomic E-state index is 0.107. The maximum Gasteiger partial charge on any atom is 0.336 e. The molecule has 2 atom stereocenters. The lowest BCUT2D eigenvalue weighted by atomic mass is 10.4. The molecule has 0 aliphatic carbocycles. The molecule has 0 heterocycles. The fourth-order valence-corrected chi connectivity index (χ4v) is 2.84. The van der Waals surface area contributed by atoms with Crippen LogP contribution in [-0.2, 0) is 18.3 Å². The molecular weight excluding hydrogens is 212 g/mol. The zero-order valence-corrected chi connectivity index (χ0v) is 11.5. The SMILES string of the molecule is CCC[Si](C)(OC)OCOCC(C)OC. The van der Waals surface area contributed by atoms with Crippen LogP contribution in [0.5, 0.6) is 0 Å². The first-order valence-electron chi connectivity index (χ1n) is 5.37. The van der Waals surface area contributed by atoms with Crippen LogP contribution in [0.4, 0.5) is 0 Å². The Morgan fingerprint density at radius 1 is 1.27 bits per heavy atom. The predicted octanol–water partition coefficient (Wildman–Crippen LogP) is 2.14. The molecule has 0 radical (unpaired) electrons. The Kier molecular flexibility index (Phi) is 8.27. The molecule has 0 spiro atoms. The first kappa shape index (κ1) is 15.1. The van der Waals surface area contributed by atoms with Crippen molar-refractivity contribution < 1.29 is 18.3 Å². The van der Waals surface area contributed by atoms with Crippen molar-refractivity contribution in [3.8, 4) is 0 Å². The van der Waals surface area contributed by atoms with Gasteiger partial charge in [-0.2, -0.15) is 0 Å². The second-order valence-corrected chi connectivity index (χ2v) is 7.23. The minimum atomic E-state index is -1.97. The largest absolute Gasteiger partial charge is 0.398 e. The minimum Gasteiger partial charge on any atom is -0.398 e. The summed E-state index contributed by atoms with van der Waals surface area (Å²) in [6, 6.07) is 0.993. The van der Waals surface area contributed by atoms with Crippen LogP contribution >= 0.6 is 0 Å². The summed E-state index contributed by atoms with van der Waals surface area (Å²) < 4.78 is 21.5. The highest BCUT2D eigenvalue weighted by atomic mass is 28.4. The van der Waals surface area contributed by atoms with E-state index in [0.29, 0.717) is 13.4 Å². The van der Waals surface area contributed by atoms with E-state index in [1.807, 2.05) is 6.92 Å². The summed E-state index contributed by atoms with van der Waals surface area (Å²) in [4.78, 5) is 0. The van der Waals surface area contributed by atoms with E-state index in [1.165, 1.54) is 0 Å². The molecule has 0 fully saturated rings. The molecule has 0 aliphatic rings. The maximum absolute atomic E-state index is 5.65. The molecule has 15 heavy (non-hydrogen) atoms. The van der Waals surface area contributed by atoms with Crippen molar-refractivity contribution in [2.24, 2.45) is 0 Å². The standard InChI is InChI=1S/C10H24O4Si/c1-6-7-15(5,12-4)14-9-13-8-10(2)11-3/h10H,6-9H2,1-5H3. The van der Waals surface area contributed by atoms with E-state index in [9.17, 15) is 0 Å². The third-order valence-corrected chi connectivity index (χ3v) is 5.34. The van der Waals surface area contributed by atoms with Crippen molar-refractivity contribution in [3.63, 3.8) is 0 Å². The van der Waals surface area contributed by atoms with E-state index in [1.54, 1.807) is 14.2 Å². The summed E-state index contributed by atoms with van der Waals surface area (Å²) in [6.07, 6.45) is 1.18. The van der Waals surface area contributed by atoms with Crippen LogP contribution in [0, 0.1) is 0 Å². The van der Waals surface area contributed by atoms with Crippen molar-refractivity contribution in [2.45, 2.75) is 39.0 Å². The van der Waals surface area contributed by atoms with Crippen LogP contribution < -0.4 is 0 Å². The second-order valence-electron chi connectivity index (χ2n) is 3.77. The van der Waals surface area contributed by atoms with Crippen molar-refractivity contribution in [1.29, 1.82) is 0 Å². The molecule has 0 saturated carbocycles. The molecule has 0 aliphatic heterocycles. The summed E-state index contributed by atoms with van der Waals surface area (Å²) >= 11 is 0. The second kappa shape index (κ2) is 8.24. The molecule has 2 unspecified atom stereocenters. The van der Waals surface area contributed by atoms with Gasteiger partial charge in [0.2, 0.25) is 0 Å². The van der Waals surface area contributed by atoms with Crippen LogP contribution in [0.2, 0.25) is 12.6 Å². The van der Waals surface area contributed by atoms with E-state index in [-0.39, 0.29) is 6.10 Å². The molecule has 0 amide bonds. The summed E-state index contributed by atoms with van der Waals surface area (Å²) in [5.41, 5.74) is 0. The highest BCUT2D eigenvalue weighted by molar-refractivity contribution is 6.65. The van der Waals surface area contributed by atoms with Gasteiger partial charge in [0, 0.05) is 14.2 Å². The van der Waals surface area contributed by atoms with E-state index in [2.05, 4.69) is 13.5 Å². The van der Waals surface area contributed by atoms with Crippen molar-refractivity contribution in [2.75, 3.05) is 27.6 Å². The highest BCUT2D eigenvalue weighted by Crippen LogP contribution is 2.14. The Morgan fingerprint density at radius 2 is 1.93 bits per heavy atom. The monoisotopic (exact) mass is 236 g/mol. The Balaban J connectivity index is 3.63. The molecule has 0 aromatic heterocycles. The number of methoxy groups -OCH3 is 1. The maximum atomic E-state index is 5.65. The van der Waals surface area contributed by atoms with Gasteiger partial charge in [0.05, 0.1) is 12.7 Å². The van der Waals surface area contributed by atoms with Crippen LogP contribution in [0.1, 0.15) is 20.3 Å². The highest BCUT2D eigenvalue weighted by Gasteiger charge is 2.28. The van der Waals surface area contributed by atoms with Crippen LogP contribution in [0.3, 0.4) is 0 Å². The smallest absolute Gasteiger partial charge is 0.336 e. The Hall–Kier alpha value is 0.0569. The third kappa shape index (κ3) is 7.02. The van der Waals surface area contributed by atoms with Gasteiger partial charge in [0.1, 0.15) is 6.79 Å². The van der Waals surface area contributed by atoms with Crippen LogP contribution in [-0.4, -0.2) is 42.3 Å². The molecule has 0 saturated heterocycles. The van der Waals surface area contributed by atoms with Gasteiger partial charge in [-0.25, -0.2) is 0 Å². The first-order valence-corrected chi connectivity index (χ1v) is 7.90. The van der Waals surface area contributed by atoms with E-state index in [0.717, 1.165) is 12.5 Å². The summed E-state index contributed by atoms with van der Waals surface area (Å²) in [6.45, 7) is 6.99. The topological polar surface area (TPSA) is 36.9 Å². The summed E-state index contributed by atoms with van der Waals surface area (Å²) in [5, 5.41) is 0. The molecule has 4 nitrogen and oxygen atoms in total. The van der Waals surface area contributed by atoms with Crippen LogP contribution in [0.15, 0.2) is 0 Å². The Bertz CT molecular complexity index is 156. The van der Waals surface area contributed by atoms with E-state index < -0.39 is 8.56 Å². The van der Waals surface area contributed by atoms with Crippen molar-refractivity contribution >= 4 is 8.56 Å². The van der Waals surface area contributed by atoms with Gasteiger partial charge in [0.15, 0.2) is 0 Å². The fourth-order valence-electron chi connectivity index (χ4n) is 1.14. The normalized spacial score (nSPS) is 17.4. The van der Waals surface area contributed by atoms with Crippen molar-refractivity contribution in [3.05, 3.63) is 0 Å². The van der Waals surface area contributed by atoms with Gasteiger partial charge in [-0.15, -0.1) is 0 Å². The fraction of sp³-hybridized carbons (Fsp3) is 1.00. The zero-order valence-electron chi connectivity index (χ0n) is 10.5. The van der Waals surface area contributed by atoms with Crippen molar-refractivity contribution in [1.82, 2.24) is 0 Å². The molecule has 0 aromatic carbocycles. The van der Waals surface area contributed by atoms with Gasteiger partial charge in [-0.3, -0.25) is 0 Å². The Labute approximate surface area is 94.1 Å². The number of rotatable bonds is 9. The van der Waals surface area contributed by atoms with Crippen LogP contribution in [0.25, 0.3) is 0 Å². The third-order valence-electron chi connectivity index (χ3n) is 2.34. The average Bonchev–Trinajstić information content (AvgIpc) is 2.24. The molecule has 0 N–H and O–H groups in total. The van der Waals surface area contributed by atoms with Gasteiger partial charge in [-0.05, 0) is 19.5 Å². The first-order chi connectivity index (χ1) is 7.08. The van der Waals surface area contributed by atoms with Gasteiger partial charge < -0.3 is 18.3 Å². The number of ether oxygens (including phenoxy) is 2. The molecule has 5 heteroatoms. The molecule has 0 rings (SSSR count). The van der Waals surface area contributed by atoms with E-state index >= 15 is 0 Å². The quantitative estimate of drug-likeness (QED) is 0.349. The Morgan fingerprint density at radius 3 is 2.40 bits per heavy atom. The molecule has 92 valence electrons. The van der Waals surface area contributed by atoms with Gasteiger partial charge >= 0.3 is 8.56 Å². The van der Waals surface area contributed by atoms with Gasteiger partial charge in [-0.1, -0.05) is 13.3 Å². The number of hydrogen-bond donors (Lipinski definition) is 0. The lowest BCUT2D eigenvalue weighted by Crippen LogP contribution is -2.38. The lowest BCUT2D eigenvalue weighted by Gasteiger charge is -2.24. The average molecular weight is 236 g/mol. The number of hydrogen-bond acceptors (Lipinski definition) is 4.